The molecule has 0 saturated carbocycles. The normalized spacial score (nSPS) is 24.8. The first-order chi connectivity index (χ1) is 7.33. The SMILES string of the molecule is COCCCCN1CCCNC(C)CC1. The molecule has 0 radical (unpaired) electrons. The van der Waals surface area contributed by atoms with E-state index in [9.17, 15) is 0 Å². The minimum Gasteiger partial charge on any atom is -0.385 e. The van der Waals surface area contributed by atoms with Gasteiger partial charge in [0, 0.05) is 19.8 Å². The highest BCUT2D eigenvalue weighted by Gasteiger charge is 2.10. The number of hydrogen-bond acceptors (Lipinski definition) is 3. The van der Waals surface area contributed by atoms with Crippen molar-refractivity contribution >= 4 is 0 Å². The number of unbranched alkanes of at least 4 members (excludes halogenated alkanes) is 1. The monoisotopic (exact) mass is 214 g/mol. The Balaban J connectivity index is 2.10. The molecule has 0 bridgehead atoms. The Hall–Kier alpha value is -0.120. The maximum atomic E-state index is 5.06. The molecule has 0 aliphatic carbocycles. The molecule has 1 fully saturated rings. The standard InChI is InChI=1S/C12H26N2O/c1-12-6-10-14(9-5-7-13-12)8-3-4-11-15-2/h12-13H,3-11H2,1-2H3. The Morgan fingerprint density at radius 2 is 2.20 bits per heavy atom. The molecule has 3 nitrogen and oxygen atoms in total. The van der Waals surface area contributed by atoms with Gasteiger partial charge in [0.1, 0.15) is 0 Å². The molecule has 1 N–H and O–H groups in total. The molecule has 1 atom stereocenters. The van der Waals surface area contributed by atoms with Gasteiger partial charge in [0.05, 0.1) is 0 Å². The lowest BCUT2D eigenvalue weighted by Gasteiger charge is -2.27. The van der Waals surface area contributed by atoms with Crippen molar-refractivity contribution in [2.75, 3.05) is 39.9 Å². The van der Waals surface area contributed by atoms with Crippen molar-refractivity contribution in [2.24, 2.45) is 0 Å². The van der Waals surface area contributed by atoms with Crippen LogP contribution in [0.1, 0.15) is 32.6 Å². The van der Waals surface area contributed by atoms with Gasteiger partial charge >= 0.3 is 0 Å². The molecule has 0 aromatic heterocycles. The van der Waals surface area contributed by atoms with Crippen molar-refractivity contribution in [1.29, 1.82) is 0 Å². The van der Waals surface area contributed by atoms with E-state index in [2.05, 4.69) is 17.1 Å². The Bertz CT molecular complexity index is 153. The molecule has 0 amide bonds. The maximum Gasteiger partial charge on any atom is 0.0462 e. The zero-order valence-electron chi connectivity index (χ0n) is 10.3. The fourth-order valence-electron chi connectivity index (χ4n) is 2.05. The highest BCUT2D eigenvalue weighted by atomic mass is 16.5. The number of methoxy groups -OCH3 is 1. The van der Waals surface area contributed by atoms with Crippen LogP contribution in [-0.4, -0.2) is 50.8 Å². The fourth-order valence-corrected chi connectivity index (χ4v) is 2.05. The fraction of sp³-hybridized carbons (Fsp3) is 1.00. The van der Waals surface area contributed by atoms with E-state index in [1.807, 2.05) is 0 Å². The first-order valence-corrected chi connectivity index (χ1v) is 6.27. The van der Waals surface area contributed by atoms with Gasteiger partial charge in [0.25, 0.3) is 0 Å². The minimum absolute atomic E-state index is 0.687. The molecule has 1 heterocycles. The molecule has 1 unspecified atom stereocenters. The van der Waals surface area contributed by atoms with Crippen molar-refractivity contribution in [2.45, 2.75) is 38.6 Å². The molecule has 3 heteroatoms. The maximum absolute atomic E-state index is 5.06. The molecule has 1 saturated heterocycles. The van der Waals surface area contributed by atoms with Crippen LogP contribution in [0, 0.1) is 0 Å². The lowest BCUT2D eigenvalue weighted by atomic mass is 10.1. The second-order valence-corrected chi connectivity index (χ2v) is 4.54. The van der Waals surface area contributed by atoms with Crippen molar-refractivity contribution in [3.8, 4) is 0 Å². The van der Waals surface area contributed by atoms with Crippen LogP contribution in [0.4, 0.5) is 0 Å². The summed E-state index contributed by atoms with van der Waals surface area (Å²) in [5.74, 6) is 0. The van der Waals surface area contributed by atoms with Crippen molar-refractivity contribution in [1.82, 2.24) is 10.2 Å². The molecular formula is C12H26N2O. The van der Waals surface area contributed by atoms with Crippen LogP contribution in [0.25, 0.3) is 0 Å². The van der Waals surface area contributed by atoms with Crippen molar-refractivity contribution < 1.29 is 4.74 Å². The number of hydrogen-bond donors (Lipinski definition) is 1. The summed E-state index contributed by atoms with van der Waals surface area (Å²) < 4.78 is 5.06. The van der Waals surface area contributed by atoms with E-state index >= 15 is 0 Å². The first-order valence-electron chi connectivity index (χ1n) is 6.27. The summed E-state index contributed by atoms with van der Waals surface area (Å²) >= 11 is 0. The average Bonchev–Trinajstić information content (AvgIpc) is 2.22. The average molecular weight is 214 g/mol. The van der Waals surface area contributed by atoms with E-state index in [0.29, 0.717) is 6.04 Å². The summed E-state index contributed by atoms with van der Waals surface area (Å²) in [4.78, 5) is 2.60. The van der Waals surface area contributed by atoms with Crippen LogP contribution in [0.2, 0.25) is 0 Å². The molecule has 1 aliphatic rings. The molecule has 0 spiro atoms. The third-order valence-electron chi connectivity index (χ3n) is 3.10. The molecule has 1 aliphatic heterocycles. The highest BCUT2D eigenvalue weighted by Crippen LogP contribution is 2.04. The van der Waals surface area contributed by atoms with Gasteiger partial charge in [-0.25, -0.2) is 0 Å². The van der Waals surface area contributed by atoms with Crippen LogP contribution in [0.5, 0.6) is 0 Å². The van der Waals surface area contributed by atoms with Crippen LogP contribution >= 0.6 is 0 Å². The van der Waals surface area contributed by atoms with Crippen LogP contribution < -0.4 is 5.32 Å². The molecular weight excluding hydrogens is 188 g/mol. The van der Waals surface area contributed by atoms with E-state index in [0.717, 1.165) is 6.61 Å². The largest absolute Gasteiger partial charge is 0.385 e. The van der Waals surface area contributed by atoms with Crippen molar-refractivity contribution in [3.05, 3.63) is 0 Å². The van der Waals surface area contributed by atoms with E-state index < -0.39 is 0 Å². The van der Waals surface area contributed by atoms with Crippen LogP contribution in [0.3, 0.4) is 0 Å². The summed E-state index contributed by atoms with van der Waals surface area (Å²) in [6.07, 6.45) is 5.04. The summed E-state index contributed by atoms with van der Waals surface area (Å²) in [6.45, 7) is 8.12. The number of rotatable bonds is 5. The third-order valence-corrected chi connectivity index (χ3v) is 3.10. The Morgan fingerprint density at radius 3 is 3.00 bits per heavy atom. The van der Waals surface area contributed by atoms with Gasteiger partial charge in [-0.1, -0.05) is 0 Å². The number of nitrogens with one attached hydrogen (secondary N) is 1. The minimum atomic E-state index is 0.687. The zero-order chi connectivity index (χ0) is 10.9. The molecule has 90 valence electrons. The van der Waals surface area contributed by atoms with Crippen molar-refractivity contribution in [3.63, 3.8) is 0 Å². The van der Waals surface area contributed by atoms with E-state index in [-0.39, 0.29) is 0 Å². The van der Waals surface area contributed by atoms with Crippen LogP contribution in [0.15, 0.2) is 0 Å². The Morgan fingerprint density at radius 1 is 1.33 bits per heavy atom. The zero-order valence-corrected chi connectivity index (χ0v) is 10.3. The molecule has 0 aromatic carbocycles. The number of nitrogens with zero attached hydrogens (tertiary/aromatic N) is 1. The third kappa shape index (κ3) is 6.13. The second-order valence-electron chi connectivity index (χ2n) is 4.54. The summed E-state index contributed by atoms with van der Waals surface area (Å²) in [6, 6.07) is 0.687. The quantitative estimate of drug-likeness (QED) is 0.702. The van der Waals surface area contributed by atoms with Gasteiger partial charge in [-0.05, 0) is 58.8 Å². The van der Waals surface area contributed by atoms with E-state index in [1.165, 1.54) is 51.9 Å². The van der Waals surface area contributed by atoms with Gasteiger partial charge in [-0.2, -0.15) is 0 Å². The van der Waals surface area contributed by atoms with Gasteiger partial charge in [-0.15, -0.1) is 0 Å². The van der Waals surface area contributed by atoms with Gasteiger partial charge in [-0.3, -0.25) is 0 Å². The lowest BCUT2D eigenvalue weighted by molar-refractivity contribution is 0.179. The second kappa shape index (κ2) is 8.08. The van der Waals surface area contributed by atoms with Gasteiger partial charge in [0.15, 0.2) is 0 Å². The lowest BCUT2D eigenvalue weighted by Crippen LogP contribution is -2.38. The van der Waals surface area contributed by atoms with E-state index in [1.54, 1.807) is 7.11 Å². The predicted octanol–water partition coefficient (Wildman–Crippen LogP) is 1.49. The summed E-state index contributed by atoms with van der Waals surface area (Å²) in [5.41, 5.74) is 0. The predicted molar refractivity (Wildman–Crippen MR) is 64.2 cm³/mol. The Labute approximate surface area is 94.2 Å². The summed E-state index contributed by atoms with van der Waals surface area (Å²) in [7, 11) is 1.78. The topological polar surface area (TPSA) is 24.5 Å². The molecule has 0 aromatic rings. The van der Waals surface area contributed by atoms with Gasteiger partial charge in [0.2, 0.25) is 0 Å². The number of ether oxygens (including phenoxy) is 1. The smallest absolute Gasteiger partial charge is 0.0462 e. The highest BCUT2D eigenvalue weighted by molar-refractivity contribution is 4.69. The van der Waals surface area contributed by atoms with Gasteiger partial charge < -0.3 is 15.0 Å². The molecule has 1 rings (SSSR count). The summed E-state index contributed by atoms with van der Waals surface area (Å²) in [5, 5.41) is 3.53. The Kier molecular flexibility index (Phi) is 6.98. The first kappa shape index (κ1) is 12.9. The molecule has 15 heavy (non-hydrogen) atoms. The van der Waals surface area contributed by atoms with Crippen LogP contribution in [-0.2, 0) is 4.74 Å². The van der Waals surface area contributed by atoms with E-state index in [4.69, 9.17) is 4.74 Å².